The van der Waals surface area contributed by atoms with Gasteiger partial charge in [0.1, 0.15) is 0 Å². The Morgan fingerprint density at radius 1 is 1.47 bits per heavy atom. The first-order valence-corrected chi connectivity index (χ1v) is 6.61. The molecule has 1 nitrogen and oxygen atoms in total. The molecule has 1 aliphatic rings. The zero-order chi connectivity index (χ0) is 10.7. The predicted octanol–water partition coefficient (Wildman–Crippen LogP) is 2.88. The molecule has 2 rings (SSSR count). The number of thioether (sulfide) groups is 1. The fraction of sp³-hybridized carbons (Fsp3) is 0.538. The SMILES string of the molecule is CNCCCc1cccc2c1CC(C)S2. The van der Waals surface area contributed by atoms with Crippen LogP contribution >= 0.6 is 11.8 Å². The van der Waals surface area contributed by atoms with Gasteiger partial charge in [0.15, 0.2) is 0 Å². The third-order valence-corrected chi connectivity index (χ3v) is 4.13. The van der Waals surface area contributed by atoms with Crippen molar-refractivity contribution in [2.45, 2.75) is 36.3 Å². The number of aryl methyl sites for hydroxylation is 1. The molecule has 0 aromatic heterocycles. The summed E-state index contributed by atoms with van der Waals surface area (Å²) >= 11 is 2.03. The fourth-order valence-electron chi connectivity index (χ4n) is 2.19. The molecule has 1 N–H and O–H groups in total. The molecule has 0 fully saturated rings. The molecular formula is C13H19NS. The Kier molecular flexibility index (Phi) is 3.71. The van der Waals surface area contributed by atoms with Crippen molar-refractivity contribution in [3.05, 3.63) is 29.3 Å². The highest BCUT2D eigenvalue weighted by molar-refractivity contribution is 8.00. The van der Waals surface area contributed by atoms with Crippen LogP contribution in [-0.2, 0) is 12.8 Å². The van der Waals surface area contributed by atoms with Gasteiger partial charge in [0, 0.05) is 10.1 Å². The van der Waals surface area contributed by atoms with Crippen LogP contribution in [0.2, 0.25) is 0 Å². The number of hydrogen-bond acceptors (Lipinski definition) is 2. The van der Waals surface area contributed by atoms with Gasteiger partial charge in [0.05, 0.1) is 0 Å². The van der Waals surface area contributed by atoms with Crippen LogP contribution in [0.1, 0.15) is 24.5 Å². The number of rotatable bonds is 4. The maximum atomic E-state index is 3.21. The van der Waals surface area contributed by atoms with E-state index in [1.807, 2.05) is 18.8 Å². The van der Waals surface area contributed by atoms with Gasteiger partial charge in [-0.2, -0.15) is 0 Å². The molecule has 1 aromatic rings. The van der Waals surface area contributed by atoms with Crippen LogP contribution in [0, 0.1) is 0 Å². The molecule has 1 unspecified atom stereocenters. The lowest BCUT2D eigenvalue weighted by molar-refractivity contribution is 0.719. The van der Waals surface area contributed by atoms with E-state index in [9.17, 15) is 0 Å². The number of nitrogens with one attached hydrogen (secondary N) is 1. The van der Waals surface area contributed by atoms with E-state index >= 15 is 0 Å². The first-order chi connectivity index (χ1) is 7.31. The Morgan fingerprint density at radius 3 is 3.13 bits per heavy atom. The number of hydrogen-bond donors (Lipinski definition) is 1. The van der Waals surface area contributed by atoms with Crippen molar-refractivity contribution >= 4 is 11.8 Å². The molecule has 1 atom stereocenters. The lowest BCUT2D eigenvalue weighted by Gasteiger charge is -2.07. The maximum absolute atomic E-state index is 3.21. The van der Waals surface area contributed by atoms with E-state index in [-0.39, 0.29) is 0 Å². The molecule has 0 saturated heterocycles. The Bertz CT molecular complexity index is 335. The van der Waals surface area contributed by atoms with Gasteiger partial charge in [0.25, 0.3) is 0 Å². The molecule has 1 aliphatic heterocycles. The van der Waals surface area contributed by atoms with Gasteiger partial charge in [-0.15, -0.1) is 11.8 Å². The average Bonchev–Trinajstić information content (AvgIpc) is 2.59. The molecule has 0 bridgehead atoms. The quantitative estimate of drug-likeness (QED) is 0.785. The summed E-state index contributed by atoms with van der Waals surface area (Å²) in [6.07, 6.45) is 3.72. The summed E-state index contributed by atoms with van der Waals surface area (Å²) < 4.78 is 0. The van der Waals surface area contributed by atoms with Crippen molar-refractivity contribution in [2.24, 2.45) is 0 Å². The van der Waals surface area contributed by atoms with E-state index in [0.717, 1.165) is 11.8 Å². The molecule has 1 aromatic carbocycles. The van der Waals surface area contributed by atoms with Crippen molar-refractivity contribution in [2.75, 3.05) is 13.6 Å². The molecule has 82 valence electrons. The molecule has 0 aliphatic carbocycles. The smallest absolute Gasteiger partial charge is 0.0110 e. The van der Waals surface area contributed by atoms with E-state index in [1.54, 1.807) is 11.1 Å². The molecule has 2 heteroatoms. The van der Waals surface area contributed by atoms with Crippen molar-refractivity contribution < 1.29 is 0 Å². The largest absolute Gasteiger partial charge is 0.320 e. The van der Waals surface area contributed by atoms with E-state index < -0.39 is 0 Å². The Labute approximate surface area is 96.7 Å². The van der Waals surface area contributed by atoms with Gasteiger partial charge in [0.2, 0.25) is 0 Å². The molecule has 0 saturated carbocycles. The van der Waals surface area contributed by atoms with Crippen LogP contribution in [0.25, 0.3) is 0 Å². The summed E-state index contributed by atoms with van der Waals surface area (Å²) in [7, 11) is 2.02. The Hall–Kier alpha value is -0.470. The second-order valence-electron chi connectivity index (χ2n) is 4.23. The number of fused-ring (bicyclic) bond motifs is 1. The van der Waals surface area contributed by atoms with Crippen LogP contribution in [-0.4, -0.2) is 18.8 Å². The van der Waals surface area contributed by atoms with Crippen molar-refractivity contribution in [3.63, 3.8) is 0 Å². The van der Waals surface area contributed by atoms with Gasteiger partial charge < -0.3 is 5.32 Å². The van der Waals surface area contributed by atoms with E-state index in [1.165, 1.54) is 24.2 Å². The third-order valence-electron chi connectivity index (χ3n) is 2.92. The summed E-state index contributed by atoms with van der Waals surface area (Å²) in [5, 5.41) is 3.98. The average molecular weight is 221 g/mol. The lowest BCUT2D eigenvalue weighted by atomic mass is 9.99. The highest BCUT2D eigenvalue weighted by atomic mass is 32.2. The Morgan fingerprint density at radius 2 is 2.33 bits per heavy atom. The summed E-state index contributed by atoms with van der Waals surface area (Å²) in [5.41, 5.74) is 3.19. The lowest BCUT2D eigenvalue weighted by Crippen LogP contribution is -2.09. The van der Waals surface area contributed by atoms with Crippen molar-refractivity contribution in [3.8, 4) is 0 Å². The minimum Gasteiger partial charge on any atom is -0.320 e. The van der Waals surface area contributed by atoms with Gasteiger partial charge in [-0.3, -0.25) is 0 Å². The van der Waals surface area contributed by atoms with Crippen LogP contribution in [0.4, 0.5) is 0 Å². The minimum absolute atomic E-state index is 0.769. The summed E-state index contributed by atoms with van der Waals surface area (Å²) in [4.78, 5) is 1.52. The van der Waals surface area contributed by atoms with Crippen LogP contribution < -0.4 is 5.32 Å². The van der Waals surface area contributed by atoms with Crippen molar-refractivity contribution in [1.82, 2.24) is 5.32 Å². The van der Waals surface area contributed by atoms with Gasteiger partial charge in [-0.05, 0) is 50.0 Å². The summed E-state index contributed by atoms with van der Waals surface area (Å²) in [6, 6.07) is 6.77. The predicted molar refractivity (Wildman–Crippen MR) is 67.7 cm³/mol. The van der Waals surface area contributed by atoms with E-state index in [4.69, 9.17) is 0 Å². The summed E-state index contributed by atoms with van der Waals surface area (Å²) in [6.45, 7) is 3.44. The first kappa shape index (κ1) is 11.0. The molecule has 0 spiro atoms. The Balaban J connectivity index is 2.09. The third kappa shape index (κ3) is 2.56. The molecular weight excluding hydrogens is 202 g/mol. The second kappa shape index (κ2) is 5.04. The van der Waals surface area contributed by atoms with Crippen LogP contribution in [0.3, 0.4) is 0 Å². The van der Waals surface area contributed by atoms with Crippen molar-refractivity contribution in [1.29, 1.82) is 0 Å². The minimum atomic E-state index is 0.769. The van der Waals surface area contributed by atoms with Gasteiger partial charge in [-0.1, -0.05) is 19.1 Å². The van der Waals surface area contributed by atoms with Crippen LogP contribution in [0.5, 0.6) is 0 Å². The monoisotopic (exact) mass is 221 g/mol. The van der Waals surface area contributed by atoms with Gasteiger partial charge >= 0.3 is 0 Å². The van der Waals surface area contributed by atoms with Crippen LogP contribution in [0.15, 0.2) is 23.1 Å². The van der Waals surface area contributed by atoms with E-state index in [0.29, 0.717) is 0 Å². The number of benzene rings is 1. The molecule has 15 heavy (non-hydrogen) atoms. The standard InChI is InChI=1S/C13H19NS/c1-10-9-12-11(6-4-8-14-2)5-3-7-13(12)15-10/h3,5,7,10,14H,4,6,8-9H2,1-2H3. The zero-order valence-corrected chi connectivity index (χ0v) is 10.4. The molecule has 0 amide bonds. The highest BCUT2D eigenvalue weighted by Gasteiger charge is 2.20. The first-order valence-electron chi connectivity index (χ1n) is 5.73. The maximum Gasteiger partial charge on any atom is 0.0110 e. The fourth-order valence-corrected chi connectivity index (χ4v) is 3.39. The highest BCUT2D eigenvalue weighted by Crippen LogP contribution is 2.38. The second-order valence-corrected chi connectivity index (χ2v) is 5.71. The topological polar surface area (TPSA) is 12.0 Å². The summed E-state index contributed by atoms with van der Waals surface area (Å²) in [5.74, 6) is 0. The zero-order valence-electron chi connectivity index (χ0n) is 9.55. The van der Waals surface area contributed by atoms with Gasteiger partial charge in [-0.25, -0.2) is 0 Å². The normalized spacial score (nSPS) is 19.2. The molecule has 1 heterocycles. The molecule has 0 radical (unpaired) electrons. The van der Waals surface area contributed by atoms with E-state index in [2.05, 4.69) is 30.4 Å².